The minimum Gasteiger partial charge on any atom is -0.374 e. The third-order valence-corrected chi connectivity index (χ3v) is 7.07. The highest BCUT2D eigenvalue weighted by Gasteiger charge is 2.36. The molecular formula is C25H31F4N3O. The van der Waals surface area contributed by atoms with E-state index >= 15 is 0 Å². The fourth-order valence-electron chi connectivity index (χ4n) is 4.95. The van der Waals surface area contributed by atoms with Gasteiger partial charge in [0.05, 0.1) is 24.5 Å². The number of nitrogens with zero attached hydrogens (tertiary/aromatic N) is 3. The lowest BCUT2D eigenvalue weighted by Crippen LogP contribution is -2.43. The lowest BCUT2D eigenvalue weighted by atomic mass is 9.73. The van der Waals surface area contributed by atoms with Gasteiger partial charge in [-0.15, -0.1) is 0 Å². The molecule has 3 heterocycles. The van der Waals surface area contributed by atoms with E-state index in [-0.39, 0.29) is 29.6 Å². The number of alkyl halides is 3. The number of benzene rings is 1. The average Bonchev–Trinajstić information content (AvgIpc) is 3.21. The number of halogens is 4. The molecule has 4 nitrogen and oxygen atoms in total. The standard InChI is InChI=1S/C25H31F4N3O/c1-18-4-3-11-32(18)23-15-20(25(27,28)29)14-22(30-23)16-33-17-24(9-12-31(2)13-10-24)19-5-7-21(26)8-6-19/h5-8,14-15,18H,3-4,9-13,16-17H2,1-2H3/t18-/m0/s1. The van der Waals surface area contributed by atoms with Gasteiger partial charge in [0.25, 0.3) is 0 Å². The summed E-state index contributed by atoms with van der Waals surface area (Å²) in [6, 6.07) is 8.88. The van der Waals surface area contributed by atoms with Crippen molar-refractivity contribution >= 4 is 5.82 Å². The van der Waals surface area contributed by atoms with Gasteiger partial charge in [0.15, 0.2) is 0 Å². The van der Waals surface area contributed by atoms with Crippen LogP contribution in [-0.4, -0.2) is 49.2 Å². The molecule has 4 rings (SSSR count). The number of aromatic nitrogens is 1. The molecule has 0 saturated carbocycles. The quantitative estimate of drug-likeness (QED) is 0.534. The molecule has 2 saturated heterocycles. The second kappa shape index (κ2) is 9.58. The lowest BCUT2D eigenvalue weighted by Gasteiger charge is -2.41. The van der Waals surface area contributed by atoms with Gasteiger partial charge in [0.1, 0.15) is 11.6 Å². The molecule has 33 heavy (non-hydrogen) atoms. The van der Waals surface area contributed by atoms with E-state index in [1.165, 1.54) is 12.1 Å². The van der Waals surface area contributed by atoms with Crippen molar-refractivity contribution in [3.05, 3.63) is 59.0 Å². The number of pyridine rings is 1. The van der Waals surface area contributed by atoms with Gasteiger partial charge in [-0.3, -0.25) is 0 Å². The molecule has 1 aromatic carbocycles. The van der Waals surface area contributed by atoms with Gasteiger partial charge in [0, 0.05) is 18.0 Å². The molecule has 1 atom stereocenters. The van der Waals surface area contributed by atoms with Crippen LogP contribution in [0.2, 0.25) is 0 Å². The zero-order valence-electron chi connectivity index (χ0n) is 19.2. The summed E-state index contributed by atoms with van der Waals surface area (Å²) in [6.07, 6.45) is -0.889. The van der Waals surface area contributed by atoms with Crippen molar-refractivity contribution in [2.24, 2.45) is 0 Å². The van der Waals surface area contributed by atoms with Crippen LogP contribution in [0, 0.1) is 5.82 Å². The molecule has 0 spiro atoms. The van der Waals surface area contributed by atoms with Crippen LogP contribution in [0.25, 0.3) is 0 Å². The molecule has 0 unspecified atom stereocenters. The monoisotopic (exact) mass is 465 g/mol. The molecule has 2 fully saturated rings. The molecule has 2 aromatic rings. The highest BCUT2D eigenvalue weighted by atomic mass is 19.4. The van der Waals surface area contributed by atoms with Crippen molar-refractivity contribution in [1.82, 2.24) is 9.88 Å². The van der Waals surface area contributed by atoms with Gasteiger partial charge in [-0.1, -0.05) is 12.1 Å². The maximum atomic E-state index is 13.6. The molecular weight excluding hydrogens is 434 g/mol. The molecule has 0 N–H and O–H groups in total. The Hall–Kier alpha value is -2.19. The Labute approximate surface area is 192 Å². The maximum Gasteiger partial charge on any atom is 0.416 e. The van der Waals surface area contributed by atoms with Crippen LogP contribution < -0.4 is 4.90 Å². The van der Waals surface area contributed by atoms with Gasteiger partial charge in [-0.25, -0.2) is 9.37 Å². The van der Waals surface area contributed by atoms with Gasteiger partial charge in [-0.05, 0) is 82.6 Å². The predicted molar refractivity (Wildman–Crippen MR) is 120 cm³/mol. The SMILES string of the molecule is C[C@H]1CCCN1c1cc(C(F)(F)F)cc(COCC2(c3ccc(F)cc3)CCN(C)CC2)n1. The summed E-state index contributed by atoms with van der Waals surface area (Å²) in [6.45, 7) is 4.81. The smallest absolute Gasteiger partial charge is 0.374 e. The van der Waals surface area contributed by atoms with E-state index in [2.05, 4.69) is 16.9 Å². The first-order valence-corrected chi connectivity index (χ1v) is 11.5. The van der Waals surface area contributed by atoms with E-state index < -0.39 is 11.7 Å². The largest absolute Gasteiger partial charge is 0.416 e. The first-order chi connectivity index (χ1) is 15.7. The minimum absolute atomic E-state index is 0.00206. The van der Waals surface area contributed by atoms with E-state index in [0.29, 0.717) is 19.0 Å². The van der Waals surface area contributed by atoms with Crippen molar-refractivity contribution in [3.8, 4) is 0 Å². The second-order valence-electron chi connectivity index (χ2n) is 9.47. The Balaban J connectivity index is 1.54. The molecule has 0 bridgehead atoms. The van der Waals surface area contributed by atoms with Crippen molar-refractivity contribution in [1.29, 1.82) is 0 Å². The average molecular weight is 466 g/mol. The topological polar surface area (TPSA) is 28.6 Å². The summed E-state index contributed by atoms with van der Waals surface area (Å²) in [5.41, 5.74) is 0.285. The van der Waals surface area contributed by atoms with Gasteiger partial charge < -0.3 is 14.5 Å². The second-order valence-corrected chi connectivity index (χ2v) is 9.47. The third kappa shape index (κ3) is 5.49. The number of rotatable bonds is 6. The van der Waals surface area contributed by atoms with E-state index in [0.717, 1.165) is 56.5 Å². The minimum atomic E-state index is -4.45. The highest BCUT2D eigenvalue weighted by molar-refractivity contribution is 5.45. The molecule has 2 aliphatic rings. The van der Waals surface area contributed by atoms with Crippen LogP contribution in [0.5, 0.6) is 0 Å². The Morgan fingerprint density at radius 1 is 1.09 bits per heavy atom. The van der Waals surface area contributed by atoms with Crippen LogP contribution in [0.3, 0.4) is 0 Å². The molecule has 1 aromatic heterocycles. The lowest BCUT2D eigenvalue weighted by molar-refractivity contribution is -0.137. The van der Waals surface area contributed by atoms with E-state index in [1.807, 2.05) is 11.8 Å². The summed E-state index contributed by atoms with van der Waals surface area (Å²) in [4.78, 5) is 8.70. The predicted octanol–water partition coefficient (Wildman–Crippen LogP) is 5.41. The molecule has 0 amide bonds. The van der Waals surface area contributed by atoms with E-state index in [1.54, 1.807) is 12.1 Å². The zero-order chi connectivity index (χ0) is 23.6. The van der Waals surface area contributed by atoms with Crippen molar-refractivity contribution in [3.63, 3.8) is 0 Å². The number of piperidine rings is 1. The van der Waals surface area contributed by atoms with Crippen molar-refractivity contribution in [2.45, 2.75) is 56.8 Å². The number of likely N-dealkylation sites (tertiary alicyclic amines) is 1. The third-order valence-electron chi connectivity index (χ3n) is 7.07. The van der Waals surface area contributed by atoms with Crippen LogP contribution in [0.1, 0.15) is 49.4 Å². The first kappa shape index (κ1) is 24.0. The molecule has 180 valence electrons. The maximum absolute atomic E-state index is 13.6. The van der Waals surface area contributed by atoms with Crippen molar-refractivity contribution in [2.75, 3.05) is 38.2 Å². The first-order valence-electron chi connectivity index (χ1n) is 11.5. The Bertz CT molecular complexity index is 940. The Morgan fingerprint density at radius 2 is 1.79 bits per heavy atom. The molecule has 0 aliphatic carbocycles. The number of hydrogen-bond acceptors (Lipinski definition) is 4. The van der Waals surface area contributed by atoms with Gasteiger partial charge >= 0.3 is 6.18 Å². The van der Waals surface area contributed by atoms with Crippen LogP contribution in [-0.2, 0) is 22.9 Å². The number of anilines is 1. The normalized spacial score (nSPS) is 21.5. The van der Waals surface area contributed by atoms with Crippen molar-refractivity contribution < 1.29 is 22.3 Å². The number of ether oxygens (including phenoxy) is 1. The summed E-state index contributed by atoms with van der Waals surface area (Å²) in [7, 11) is 2.06. The summed E-state index contributed by atoms with van der Waals surface area (Å²) < 4.78 is 60.3. The van der Waals surface area contributed by atoms with E-state index in [4.69, 9.17) is 4.74 Å². The van der Waals surface area contributed by atoms with Gasteiger partial charge in [-0.2, -0.15) is 13.2 Å². The Morgan fingerprint density at radius 3 is 2.39 bits per heavy atom. The van der Waals surface area contributed by atoms with E-state index in [9.17, 15) is 17.6 Å². The van der Waals surface area contributed by atoms with Gasteiger partial charge in [0.2, 0.25) is 0 Å². The summed E-state index contributed by atoms with van der Waals surface area (Å²) in [5.74, 6) is 0.0700. The zero-order valence-corrected chi connectivity index (χ0v) is 19.2. The summed E-state index contributed by atoms with van der Waals surface area (Å²) >= 11 is 0. The fraction of sp³-hybridized carbons (Fsp3) is 0.560. The fourth-order valence-corrected chi connectivity index (χ4v) is 4.95. The molecule has 0 radical (unpaired) electrons. The van der Waals surface area contributed by atoms with Crippen LogP contribution >= 0.6 is 0 Å². The Kier molecular flexibility index (Phi) is 6.96. The summed E-state index contributed by atoms with van der Waals surface area (Å²) in [5, 5.41) is 0. The van der Waals surface area contributed by atoms with Crippen LogP contribution in [0.4, 0.5) is 23.4 Å². The van der Waals surface area contributed by atoms with Crippen LogP contribution in [0.15, 0.2) is 36.4 Å². The molecule has 2 aliphatic heterocycles. The molecule has 8 heteroatoms. The highest BCUT2D eigenvalue weighted by Crippen LogP contribution is 2.37. The number of hydrogen-bond donors (Lipinski definition) is 0.